The Hall–Kier alpha value is -3.48. The molecule has 0 saturated heterocycles. The highest BCUT2D eigenvalue weighted by molar-refractivity contribution is 5.96. The molecule has 4 aromatic rings. The van der Waals surface area contributed by atoms with Crippen molar-refractivity contribution in [3.63, 3.8) is 0 Å². The minimum atomic E-state index is -0.943. The van der Waals surface area contributed by atoms with Gasteiger partial charge in [0.25, 0.3) is 0 Å². The zero-order chi connectivity index (χ0) is 20.8. The van der Waals surface area contributed by atoms with Crippen LogP contribution >= 0.6 is 0 Å². The van der Waals surface area contributed by atoms with E-state index in [1.807, 2.05) is 32.9 Å². The third kappa shape index (κ3) is 3.29. The molecule has 0 spiro atoms. The third-order valence-electron chi connectivity index (χ3n) is 4.96. The number of carbonyl (C=O) groups is 1. The summed E-state index contributed by atoms with van der Waals surface area (Å²) in [7, 11) is 0. The summed E-state index contributed by atoms with van der Waals surface area (Å²) in [4.78, 5) is 24.2. The number of imidazole rings is 1. The van der Waals surface area contributed by atoms with E-state index in [-0.39, 0.29) is 5.82 Å². The van der Waals surface area contributed by atoms with Crippen molar-refractivity contribution >= 4 is 17.0 Å². The molecule has 7 heteroatoms. The van der Waals surface area contributed by atoms with Crippen LogP contribution in [0, 0.1) is 11.2 Å². The van der Waals surface area contributed by atoms with Crippen molar-refractivity contribution in [1.82, 2.24) is 19.5 Å². The fourth-order valence-corrected chi connectivity index (χ4v) is 3.72. The first kappa shape index (κ1) is 18.9. The first-order valence-corrected chi connectivity index (χ1v) is 9.25. The van der Waals surface area contributed by atoms with E-state index >= 15 is 0 Å². The molecule has 0 bridgehead atoms. The highest BCUT2D eigenvalue weighted by atomic mass is 19.1. The summed E-state index contributed by atoms with van der Waals surface area (Å²) in [6.45, 7) is 5.64. The summed E-state index contributed by atoms with van der Waals surface area (Å²) in [6, 6.07) is 8.93. The number of aliphatic carboxylic acids is 1. The normalized spacial score (nSPS) is 13.0. The highest BCUT2D eigenvalue weighted by Crippen LogP contribution is 2.40. The predicted molar refractivity (Wildman–Crippen MR) is 109 cm³/mol. The van der Waals surface area contributed by atoms with Crippen molar-refractivity contribution in [2.45, 2.75) is 26.8 Å². The number of benzene rings is 1. The Balaban J connectivity index is 2.05. The smallest absolute Gasteiger partial charge is 0.327 e. The molecular weight excluding hydrogens is 371 g/mol. The van der Waals surface area contributed by atoms with Crippen molar-refractivity contribution in [2.75, 3.05) is 0 Å². The number of carboxylic acid groups (broad SMARTS) is 1. The molecule has 6 nitrogen and oxygen atoms in total. The van der Waals surface area contributed by atoms with Crippen molar-refractivity contribution in [3.8, 4) is 22.5 Å². The molecule has 0 radical (unpaired) electrons. The number of aromatic amines is 1. The van der Waals surface area contributed by atoms with E-state index in [9.17, 15) is 14.3 Å². The molecule has 3 aromatic heterocycles. The first-order valence-electron chi connectivity index (χ1n) is 9.25. The Bertz CT molecular complexity index is 1190. The molecule has 1 unspecified atom stereocenters. The molecule has 148 valence electrons. The third-order valence-corrected chi connectivity index (χ3v) is 4.96. The van der Waals surface area contributed by atoms with Gasteiger partial charge in [-0.05, 0) is 41.8 Å². The molecule has 0 aliphatic carbocycles. The zero-order valence-electron chi connectivity index (χ0n) is 16.3. The van der Waals surface area contributed by atoms with Crippen LogP contribution in [-0.4, -0.2) is 30.6 Å². The average Bonchev–Trinajstić information content (AvgIpc) is 3.28. The molecule has 29 heavy (non-hydrogen) atoms. The van der Waals surface area contributed by atoms with E-state index in [4.69, 9.17) is 0 Å². The average molecular weight is 392 g/mol. The summed E-state index contributed by atoms with van der Waals surface area (Å²) < 4.78 is 15.2. The number of H-pyrrole nitrogens is 1. The fourth-order valence-electron chi connectivity index (χ4n) is 3.72. The van der Waals surface area contributed by atoms with Crippen LogP contribution in [0.2, 0.25) is 0 Å². The van der Waals surface area contributed by atoms with Gasteiger partial charge in [-0.2, -0.15) is 0 Å². The minimum absolute atomic E-state index is 0.343. The molecule has 1 atom stereocenters. The lowest BCUT2D eigenvalue weighted by molar-refractivity contribution is -0.144. The molecule has 0 aliphatic rings. The lowest BCUT2D eigenvalue weighted by Crippen LogP contribution is -2.31. The second-order valence-electron chi connectivity index (χ2n) is 8.06. The second-order valence-corrected chi connectivity index (χ2v) is 8.06. The Kier molecular flexibility index (Phi) is 4.45. The summed E-state index contributed by atoms with van der Waals surface area (Å²) in [5.41, 5.74) is 2.90. The Morgan fingerprint density at radius 3 is 2.52 bits per heavy atom. The lowest BCUT2D eigenvalue weighted by atomic mass is 9.86. The lowest BCUT2D eigenvalue weighted by Gasteiger charge is -2.29. The fraction of sp³-hybridized carbons (Fsp3) is 0.227. The van der Waals surface area contributed by atoms with Crippen LogP contribution in [0.1, 0.15) is 26.8 Å². The Morgan fingerprint density at radius 1 is 1.14 bits per heavy atom. The van der Waals surface area contributed by atoms with Crippen LogP contribution in [0.25, 0.3) is 33.5 Å². The maximum atomic E-state index is 13.5. The van der Waals surface area contributed by atoms with Gasteiger partial charge in [-0.3, -0.25) is 0 Å². The van der Waals surface area contributed by atoms with E-state index in [1.165, 1.54) is 12.1 Å². The van der Waals surface area contributed by atoms with E-state index < -0.39 is 17.4 Å². The van der Waals surface area contributed by atoms with Gasteiger partial charge in [0.05, 0.1) is 17.7 Å². The number of carboxylic acids is 1. The van der Waals surface area contributed by atoms with Gasteiger partial charge in [0, 0.05) is 28.9 Å². The zero-order valence-corrected chi connectivity index (χ0v) is 16.3. The van der Waals surface area contributed by atoms with Gasteiger partial charge >= 0.3 is 5.97 Å². The van der Waals surface area contributed by atoms with Gasteiger partial charge < -0.3 is 14.7 Å². The SMILES string of the molecule is CC(C)(C)C(C(=O)O)n1cnc(-c2ccc(F)cc2)c1-c1ccnc2[nH]ccc12. The maximum absolute atomic E-state index is 13.5. The summed E-state index contributed by atoms with van der Waals surface area (Å²) in [5, 5.41) is 10.9. The largest absolute Gasteiger partial charge is 0.480 e. The van der Waals surface area contributed by atoms with E-state index in [0.29, 0.717) is 22.6 Å². The van der Waals surface area contributed by atoms with Gasteiger partial charge in [0.1, 0.15) is 17.5 Å². The van der Waals surface area contributed by atoms with Gasteiger partial charge in [-0.1, -0.05) is 20.8 Å². The number of aromatic nitrogens is 4. The predicted octanol–water partition coefficient (Wildman–Crippen LogP) is 4.90. The molecule has 0 amide bonds. The van der Waals surface area contributed by atoms with E-state index in [0.717, 1.165) is 10.9 Å². The maximum Gasteiger partial charge on any atom is 0.327 e. The number of nitrogens with one attached hydrogen (secondary N) is 1. The number of rotatable bonds is 4. The number of pyridine rings is 1. The van der Waals surface area contributed by atoms with Crippen LogP contribution in [-0.2, 0) is 4.79 Å². The van der Waals surface area contributed by atoms with E-state index in [2.05, 4.69) is 15.0 Å². The summed E-state index contributed by atoms with van der Waals surface area (Å²) in [5.74, 6) is -1.29. The molecular formula is C22H21FN4O2. The van der Waals surface area contributed by atoms with Gasteiger partial charge in [0.15, 0.2) is 0 Å². The molecule has 0 saturated carbocycles. The van der Waals surface area contributed by atoms with Crippen LogP contribution in [0.4, 0.5) is 4.39 Å². The summed E-state index contributed by atoms with van der Waals surface area (Å²) in [6.07, 6.45) is 5.02. The molecule has 2 N–H and O–H groups in total. The van der Waals surface area contributed by atoms with Crippen LogP contribution in [0.3, 0.4) is 0 Å². The van der Waals surface area contributed by atoms with Gasteiger partial charge in [0.2, 0.25) is 0 Å². The van der Waals surface area contributed by atoms with E-state index in [1.54, 1.807) is 35.4 Å². The van der Waals surface area contributed by atoms with Crippen molar-refractivity contribution < 1.29 is 14.3 Å². The number of halogens is 1. The number of fused-ring (bicyclic) bond motifs is 1. The number of hydrogen-bond donors (Lipinski definition) is 2. The number of nitrogens with zero attached hydrogens (tertiary/aromatic N) is 3. The molecule has 3 heterocycles. The monoisotopic (exact) mass is 392 g/mol. The standard InChI is InChI=1S/C22H21FN4O2/c1-22(2,3)19(21(28)29)27-12-26-17(13-4-6-14(23)7-5-13)18(27)15-8-10-24-20-16(15)9-11-25-20/h4-12,19H,1-3H3,(H,24,25)(H,28,29). The van der Waals surface area contributed by atoms with Crippen molar-refractivity contribution in [1.29, 1.82) is 0 Å². The van der Waals surface area contributed by atoms with Gasteiger partial charge in [-0.25, -0.2) is 19.2 Å². The van der Waals surface area contributed by atoms with Crippen molar-refractivity contribution in [3.05, 3.63) is 60.9 Å². The van der Waals surface area contributed by atoms with Crippen LogP contribution in [0.15, 0.2) is 55.1 Å². The number of hydrogen-bond acceptors (Lipinski definition) is 3. The molecule has 0 aliphatic heterocycles. The minimum Gasteiger partial charge on any atom is -0.480 e. The highest BCUT2D eigenvalue weighted by Gasteiger charge is 2.35. The first-order chi connectivity index (χ1) is 13.8. The van der Waals surface area contributed by atoms with Crippen molar-refractivity contribution in [2.24, 2.45) is 5.41 Å². The van der Waals surface area contributed by atoms with Crippen LogP contribution < -0.4 is 0 Å². The Morgan fingerprint density at radius 2 is 1.86 bits per heavy atom. The molecule has 0 fully saturated rings. The van der Waals surface area contributed by atoms with Gasteiger partial charge in [-0.15, -0.1) is 0 Å². The quantitative estimate of drug-likeness (QED) is 0.517. The Labute approximate surface area is 167 Å². The second kappa shape index (κ2) is 6.84. The summed E-state index contributed by atoms with van der Waals surface area (Å²) >= 11 is 0. The molecule has 1 aromatic carbocycles. The topological polar surface area (TPSA) is 83.8 Å². The molecule has 4 rings (SSSR count). The van der Waals surface area contributed by atoms with Crippen LogP contribution in [0.5, 0.6) is 0 Å².